The van der Waals surface area contributed by atoms with Gasteiger partial charge in [-0.1, -0.05) is 11.6 Å². The lowest BCUT2D eigenvalue weighted by Crippen LogP contribution is -2.40. The molecule has 0 spiro atoms. The number of carbonyl (C=O) groups excluding carboxylic acids is 2. The van der Waals surface area contributed by atoms with E-state index < -0.39 is 0 Å². The molecule has 142 valence electrons. The molecule has 2 aliphatic heterocycles. The summed E-state index contributed by atoms with van der Waals surface area (Å²) in [7, 11) is 3.60. The number of benzene rings is 1. The van der Waals surface area contributed by atoms with Crippen molar-refractivity contribution in [3.8, 4) is 5.75 Å². The molecule has 0 bridgehead atoms. The van der Waals surface area contributed by atoms with Crippen molar-refractivity contribution in [2.75, 3.05) is 53.4 Å². The largest absolute Gasteiger partial charge is 0.497 e. The van der Waals surface area contributed by atoms with E-state index in [-0.39, 0.29) is 17.7 Å². The highest BCUT2D eigenvalue weighted by Gasteiger charge is 2.31. The summed E-state index contributed by atoms with van der Waals surface area (Å²) >= 11 is 6.09. The minimum atomic E-state index is -0.0688. The smallest absolute Gasteiger partial charge is 0.254 e. The Morgan fingerprint density at radius 1 is 1.08 bits per heavy atom. The van der Waals surface area contributed by atoms with Gasteiger partial charge in [0.05, 0.1) is 13.0 Å². The molecule has 2 heterocycles. The van der Waals surface area contributed by atoms with Crippen LogP contribution >= 0.6 is 11.6 Å². The van der Waals surface area contributed by atoms with Gasteiger partial charge in [-0.05, 0) is 44.6 Å². The minimum Gasteiger partial charge on any atom is -0.497 e. The van der Waals surface area contributed by atoms with Crippen LogP contribution in [0.15, 0.2) is 18.2 Å². The van der Waals surface area contributed by atoms with Crippen molar-refractivity contribution < 1.29 is 14.3 Å². The molecule has 0 N–H and O–H groups in total. The van der Waals surface area contributed by atoms with Crippen LogP contribution in [0.4, 0.5) is 0 Å². The standard InChI is InChI=1S/C19H26ClN3O3/c1-21-7-4-14(13-21)18(24)22-5-3-6-23(9-8-22)19(25)15-10-16(20)12-17(11-15)26-2/h10-12,14H,3-9,13H2,1-2H3. The van der Waals surface area contributed by atoms with Gasteiger partial charge in [0.15, 0.2) is 0 Å². The summed E-state index contributed by atoms with van der Waals surface area (Å²) < 4.78 is 5.20. The summed E-state index contributed by atoms with van der Waals surface area (Å²) in [5.74, 6) is 0.825. The highest BCUT2D eigenvalue weighted by molar-refractivity contribution is 6.31. The van der Waals surface area contributed by atoms with Gasteiger partial charge in [0.2, 0.25) is 5.91 Å². The van der Waals surface area contributed by atoms with E-state index in [0.717, 1.165) is 25.9 Å². The van der Waals surface area contributed by atoms with Crippen LogP contribution in [0.3, 0.4) is 0 Å². The van der Waals surface area contributed by atoms with Gasteiger partial charge in [-0.3, -0.25) is 9.59 Å². The van der Waals surface area contributed by atoms with E-state index in [2.05, 4.69) is 11.9 Å². The molecule has 6 nitrogen and oxygen atoms in total. The van der Waals surface area contributed by atoms with E-state index in [1.807, 2.05) is 4.90 Å². The number of hydrogen-bond acceptors (Lipinski definition) is 4. The fourth-order valence-corrected chi connectivity index (χ4v) is 3.95. The highest BCUT2D eigenvalue weighted by atomic mass is 35.5. The van der Waals surface area contributed by atoms with Gasteiger partial charge in [-0.2, -0.15) is 0 Å². The molecule has 1 unspecified atom stereocenters. The molecule has 2 saturated heterocycles. The molecular weight excluding hydrogens is 354 g/mol. The average Bonchev–Trinajstić information content (AvgIpc) is 2.92. The highest BCUT2D eigenvalue weighted by Crippen LogP contribution is 2.23. The van der Waals surface area contributed by atoms with E-state index >= 15 is 0 Å². The van der Waals surface area contributed by atoms with Gasteiger partial charge in [0.1, 0.15) is 5.75 Å². The SMILES string of the molecule is COc1cc(Cl)cc(C(=O)N2CCCN(C(=O)C3CCN(C)C3)CC2)c1. The monoisotopic (exact) mass is 379 g/mol. The van der Waals surface area contributed by atoms with Crippen LogP contribution < -0.4 is 4.74 Å². The summed E-state index contributed by atoms with van der Waals surface area (Å²) in [6, 6.07) is 5.05. The zero-order chi connectivity index (χ0) is 18.7. The van der Waals surface area contributed by atoms with Gasteiger partial charge < -0.3 is 19.4 Å². The molecule has 0 saturated carbocycles. The molecule has 2 aliphatic rings. The summed E-state index contributed by atoms with van der Waals surface area (Å²) in [4.78, 5) is 31.5. The number of methoxy groups -OCH3 is 1. The zero-order valence-electron chi connectivity index (χ0n) is 15.4. The van der Waals surface area contributed by atoms with E-state index in [1.165, 1.54) is 0 Å². The van der Waals surface area contributed by atoms with Crippen molar-refractivity contribution >= 4 is 23.4 Å². The summed E-state index contributed by atoms with van der Waals surface area (Å²) in [6.45, 7) is 4.29. The van der Waals surface area contributed by atoms with Gasteiger partial charge in [0, 0.05) is 43.3 Å². The van der Waals surface area contributed by atoms with E-state index in [9.17, 15) is 9.59 Å². The number of amides is 2. The maximum absolute atomic E-state index is 12.9. The molecule has 7 heteroatoms. The molecule has 1 atom stereocenters. The molecule has 0 radical (unpaired) electrons. The Balaban J connectivity index is 1.64. The maximum atomic E-state index is 12.9. The maximum Gasteiger partial charge on any atom is 0.254 e. The molecule has 1 aromatic rings. The third-order valence-corrected chi connectivity index (χ3v) is 5.41. The van der Waals surface area contributed by atoms with Crippen molar-refractivity contribution in [2.45, 2.75) is 12.8 Å². The number of nitrogens with zero attached hydrogens (tertiary/aromatic N) is 3. The second-order valence-corrected chi connectivity index (χ2v) is 7.54. The van der Waals surface area contributed by atoms with Crippen LogP contribution in [0, 0.1) is 5.92 Å². The lowest BCUT2D eigenvalue weighted by molar-refractivity contribution is -0.134. The first kappa shape index (κ1) is 19.0. The first-order valence-electron chi connectivity index (χ1n) is 9.09. The zero-order valence-corrected chi connectivity index (χ0v) is 16.2. The summed E-state index contributed by atoms with van der Waals surface area (Å²) in [5.41, 5.74) is 0.520. The summed E-state index contributed by atoms with van der Waals surface area (Å²) in [5, 5.41) is 0.477. The number of hydrogen-bond donors (Lipinski definition) is 0. The third kappa shape index (κ3) is 4.30. The van der Waals surface area contributed by atoms with Gasteiger partial charge in [-0.15, -0.1) is 0 Å². The predicted molar refractivity (Wildman–Crippen MR) is 101 cm³/mol. The lowest BCUT2D eigenvalue weighted by atomic mass is 10.1. The number of ether oxygens (including phenoxy) is 1. The molecule has 1 aromatic carbocycles. The summed E-state index contributed by atoms with van der Waals surface area (Å²) in [6.07, 6.45) is 1.72. The molecule has 2 fully saturated rings. The van der Waals surface area contributed by atoms with E-state index in [0.29, 0.717) is 42.5 Å². The van der Waals surface area contributed by atoms with Crippen LogP contribution in [-0.4, -0.2) is 79.9 Å². The third-order valence-electron chi connectivity index (χ3n) is 5.19. The quantitative estimate of drug-likeness (QED) is 0.805. The predicted octanol–water partition coefficient (Wildman–Crippen LogP) is 1.97. The van der Waals surface area contributed by atoms with Crippen molar-refractivity contribution in [3.63, 3.8) is 0 Å². The molecule has 0 aromatic heterocycles. The fraction of sp³-hybridized carbons (Fsp3) is 0.579. The molecule has 26 heavy (non-hydrogen) atoms. The Labute approximate surface area is 159 Å². The van der Waals surface area contributed by atoms with Crippen LogP contribution in [0.25, 0.3) is 0 Å². The Morgan fingerprint density at radius 3 is 2.50 bits per heavy atom. The van der Waals surface area contributed by atoms with E-state index in [1.54, 1.807) is 30.2 Å². The van der Waals surface area contributed by atoms with Crippen LogP contribution in [0.2, 0.25) is 5.02 Å². The van der Waals surface area contributed by atoms with Crippen molar-refractivity contribution in [3.05, 3.63) is 28.8 Å². The molecular formula is C19H26ClN3O3. The minimum absolute atomic E-state index is 0.0688. The second-order valence-electron chi connectivity index (χ2n) is 7.10. The van der Waals surface area contributed by atoms with Gasteiger partial charge in [0.25, 0.3) is 5.91 Å². The number of rotatable bonds is 3. The molecule has 0 aliphatic carbocycles. The van der Waals surface area contributed by atoms with Crippen LogP contribution in [0.1, 0.15) is 23.2 Å². The fourth-order valence-electron chi connectivity index (χ4n) is 3.72. The first-order valence-corrected chi connectivity index (χ1v) is 9.47. The van der Waals surface area contributed by atoms with E-state index in [4.69, 9.17) is 16.3 Å². The van der Waals surface area contributed by atoms with Crippen LogP contribution in [0.5, 0.6) is 5.75 Å². The van der Waals surface area contributed by atoms with Crippen molar-refractivity contribution in [1.82, 2.24) is 14.7 Å². The van der Waals surface area contributed by atoms with Crippen molar-refractivity contribution in [1.29, 1.82) is 0 Å². The lowest BCUT2D eigenvalue weighted by Gasteiger charge is -2.24. The second kappa shape index (κ2) is 8.27. The van der Waals surface area contributed by atoms with Crippen LogP contribution in [-0.2, 0) is 4.79 Å². The molecule has 3 rings (SSSR count). The van der Waals surface area contributed by atoms with Crippen molar-refractivity contribution in [2.24, 2.45) is 5.92 Å². The normalized spacial score (nSPS) is 21.6. The molecule has 2 amide bonds. The number of halogens is 1. The first-order chi connectivity index (χ1) is 12.5. The number of likely N-dealkylation sites (tertiary alicyclic amines) is 1. The Kier molecular flexibility index (Phi) is 6.04. The Bertz CT molecular complexity index is 682. The Morgan fingerprint density at radius 2 is 1.81 bits per heavy atom. The average molecular weight is 380 g/mol. The van der Waals surface area contributed by atoms with Gasteiger partial charge in [-0.25, -0.2) is 0 Å². The topological polar surface area (TPSA) is 53.1 Å². The van der Waals surface area contributed by atoms with Gasteiger partial charge >= 0.3 is 0 Å². The Hall–Kier alpha value is -1.79. The number of carbonyl (C=O) groups is 2.